The second-order valence-electron chi connectivity index (χ2n) is 5.19. The summed E-state index contributed by atoms with van der Waals surface area (Å²) in [6, 6.07) is 8.81. The number of aromatic nitrogens is 2. The zero-order valence-corrected chi connectivity index (χ0v) is 13.5. The number of nitrogens with zero attached hydrogens (tertiary/aromatic N) is 2. The second-order valence-corrected chi connectivity index (χ2v) is 5.19. The van der Waals surface area contributed by atoms with Crippen molar-refractivity contribution in [2.75, 3.05) is 13.1 Å². The van der Waals surface area contributed by atoms with Crippen molar-refractivity contribution in [2.24, 2.45) is 0 Å². The van der Waals surface area contributed by atoms with Crippen molar-refractivity contribution in [1.29, 1.82) is 0 Å². The molecule has 1 N–H and O–H groups in total. The number of rotatable bonds is 3. The molecule has 1 saturated heterocycles. The Morgan fingerprint density at radius 1 is 1.25 bits per heavy atom. The van der Waals surface area contributed by atoms with Crippen LogP contribution >= 0.6 is 24.8 Å². The summed E-state index contributed by atoms with van der Waals surface area (Å²) in [7, 11) is 0. The molecule has 1 aliphatic rings. The predicted molar refractivity (Wildman–Crippen MR) is 89.0 cm³/mol. The van der Waals surface area contributed by atoms with Crippen molar-refractivity contribution in [3.63, 3.8) is 0 Å². The van der Waals surface area contributed by atoms with Crippen LogP contribution in [0.3, 0.4) is 0 Å². The van der Waals surface area contributed by atoms with E-state index in [1.807, 2.05) is 0 Å². The fourth-order valence-electron chi connectivity index (χ4n) is 2.99. The van der Waals surface area contributed by atoms with Crippen LogP contribution in [0.15, 0.2) is 24.3 Å². The average molecular weight is 316 g/mol. The highest BCUT2D eigenvalue weighted by atomic mass is 35.5. The van der Waals surface area contributed by atoms with E-state index in [1.54, 1.807) is 0 Å². The summed E-state index contributed by atoms with van der Waals surface area (Å²) in [6.07, 6.45) is 5.11. The number of piperidine rings is 1. The van der Waals surface area contributed by atoms with Gasteiger partial charge in [-0.05, 0) is 44.5 Å². The second kappa shape index (κ2) is 7.87. The van der Waals surface area contributed by atoms with E-state index in [0.717, 1.165) is 16.9 Å². The van der Waals surface area contributed by atoms with Crippen LogP contribution in [0.5, 0.6) is 0 Å². The number of hydrogen-bond donors (Lipinski definition) is 1. The maximum absolute atomic E-state index is 4.77. The van der Waals surface area contributed by atoms with E-state index in [9.17, 15) is 0 Å². The van der Waals surface area contributed by atoms with Gasteiger partial charge in [-0.2, -0.15) is 0 Å². The molecular weight excluding hydrogens is 293 g/mol. The molecule has 3 rings (SSSR count). The Morgan fingerprint density at radius 3 is 2.80 bits per heavy atom. The molecule has 0 aliphatic carbocycles. The first kappa shape index (κ1) is 17.3. The number of benzene rings is 1. The lowest BCUT2D eigenvalue weighted by Crippen LogP contribution is -2.34. The van der Waals surface area contributed by atoms with Gasteiger partial charge in [-0.3, -0.25) is 4.90 Å². The highest BCUT2D eigenvalue weighted by Gasteiger charge is 2.25. The lowest BCUT2D eigenvalue weighted by molar-refractivity contribution is 0.143. The van der Waals surface area contributed by atoms with E-state index in [2.05, 4.69) is 41.1 Å². The molecule has 1 aliphatic heterocycles. The Bertz CT molecular complexity index is 492. The van der Waals surface area contributed by atoms with Gasteiger partial charge in [0.25, 0.3) is 0 Å². The fraction of sp³-hybridized carbons (Fsp3) is 0.533. The molecule has 1 aromatic carbocycles. The van der Waals surface area contributed by atoms with Gasteiger partial charge >= 0.3 is 0 Å². The number of fused-ring (bicyclic) bond motifs is 1. The number of halogens is 2. The number of imidazole rings is 1. The van der Waals surface area contributed by atoms with Crippen molar-refractivity contribution in [1.82, 2.24) is 14.9 Å². The maximum Gasteiger partial charge on any atom is 0.124 e. The third-order valence-corrected chi connectivity index (χ3v) is 3.85. The van der Waals surface area contributed by atoms with Gasteiger partial charge in [-0.15, -0.1) is 24.8 Å². The molecule has 1 unspecified atom stereocenters. The molecule has 1 atom stereocenters. The summed E-state index contributed by atoms with van der Waals surface area (Å²) < 4.78 is 0. The van der Waals surface area contributed by atoms with Crippen LogP contribution in [0.25, 0.3) is 11.0 Å². The van der Waals surface area contributed by atoms with Crippen LogP contribution in [0.4, 0.5) is 0 Å². The molecule has 1 fully saturated rings. The number of hydrogen-bond acceptors (Lipinski definition) is 2. The van der Waals surface area contributed by atoms with Gasteiger partial charge in [-0.25, -0.2) is 4.98 Å². The fourth-order valence-corrected chi connectivity index (χ4v) is 2.99. The molecule has 20 heavy (non-hydrogen) atoms. The molecule has 2 aromatic rings. The predicted octanol–water partition coefficient (Wildman–Crippen LogP) is 4.34. The summed E-state index contributed by atoms with van der Waals surface area (Å²) in [6.45, 7) is 4.65. The van der Waals surface area contributed by atoms with Crippen molar-refractivity contribution in [3.8, 4) is 0 Å². The van der Waals surface area contributed by atoms with E-state index in [0.29, 0.717) is 6.04 Å². The largest absolute Gasteiger partial charge is 0.341 e. The van der Waals surface area contributed by atoms with Gasteiger partial charge in [0, 0.05) is 0 Å². The molecule has 112 valence electrons. The Hall–Kier alpha value is -0.770. The summed E-state index contributed by atoms with van der Waals surface area (Å²) in [5.74, 6) is 1.16. The number of aromatic amines is 1. The molecule has 0 saturated carbocycles. The molecule has 0 spiro atoms. The van der Waals surface area contributed by atoms with Gasteiger partial charge in [0.2, 0.25) is 0 Å². The molecule has 1 aromatic heterocycles. The van der Waals surface area contributed by atoms with Crippen LogP contribution in [-0.2, 0) is 0 Å². The smallest absolute Gasteiger partial charge is 0.124 e. The van der Waals surface area contributed by atoms with Crippen molar-refractivity contribution in [3.05, 3.63) is 30.1 Å². The molecule has 0 radical (unpaired) electrons. The normalized spacial score (nSPS) is 19.4. The first-order valence-electron chi connectivity index (χ1n) is 7.07. The van der Waals surface area contributed by atoms with Crippen molar-refractivity contribution in [2.45, 2.75) is 38.6 Å². The van der Waals surface area contributed by atoms with Crippen LogP contribution in [0.1, 0.15) is 44.5 Å². The number of para-hydroxylation sites is 2. The van der Waals surface area contributed by atoms with E-state index in [4.69, 9.17) is 4.98 Å². The Morgan fingerprint density at radius 2 is 2.05 bits per heavy atom. The Balaban J connectivity index is 0.000001000. The minimum atomic E-state index is 0. The molecular formula is C15H23Cl2N3. The van der Waals surface area contributed by atoms with Gasteiger partial charge in [-0.1, -0.05) is 25.5 Å². The van der Waals surface area contributed by atoms with Crippen LogP contribution < -0.4 is 0 Å². The Kier molecular flexibility index (Phi) is 6.80. The first-order chi connectivity index (χ1) is 8.88. The van der Waals surface area contributed by atoms with Crippen molar-refractivity contribution < 1.29 is 0 Å². The summed E-state index contributed by atoms with van der Waals surface area (Å²) in [5.41, 5.74) is 2.25. The van der Waals surface area contributed by atoms with Crippen LogP contribution in [0.2, 0.25) is 0 Å². The zero-order valence-electron chi connectivity index (χ0n) is 11.8. The van der Waals surface area contributed by atoms with Gasteiger partial charge < -0.3 is 4.98 Å². The highest BCUT2D eigenvalue weighted by molar-refractivity contribution is 5.85. The van der Waals surface area contributed by atoms with E-state index in [1.165, 1.54) is 38.8 Å². The third kappa shape index (κ3) is 3.46. The van der Waals surface area contributed by atoms with Gasteiger partial charge in [0.05, 0.1) is 17.1 Å². The summed E-state index contributed by atoms with van der Waals surface area (Å²) >= 11 is 0. The summed E-state index contributed by atoms with van der Waals surface area (Å²) in [4.78, 5) is 10.9. The van der Waals surface area contributed by atoms with Gasteiger partial charge in [0.15, 0.2) is 0 Å². The summed E-state index contributed by atoms with van der Waals surface area (Å²) in [5, 5.41) is 0. The minimum Gasteiger partial charge on any atom is -0.341 e. The van der Waals surface area contributed by atoms with E-state index >= 15 is 0 Å². The maximum atomic E-state index is 4.77. The third-order valence-electron chi connectivity index (χ3n) is 3.85. The minimum absolute atomic E-state index is 0. The number of likely N-dealkylation sites (tertiary alicyclic amines) is 1. The topological polar surface area (TPSA) is 31.9 Å². The monoisotopic (exact) mass is 315 g/mol. The molecule has 2 heterocycles. The molecule has 0 bridgehead atoms. The number of H-pyrrole nitrogens is 1. The number of nitrogens with one attached hydrogen (secondary N) is 1. The quantitative estimate of drug-likeness (QED) is 0.913. The molecule has 0 amide bonds. The molecule has 5 heteroatoms. The van der Waals surface area contributed by atoms with Crippen LogP contribution in [0, 0.1) is 0 Å². The first-order valence-corrected chi connectivity index (χ1v) is 7.07. The highest BCUT2D eigenvalue weighted by Crippen LogP contribution is 2.30. The zero-order chi connectivity index (χ0) is 12.4. The van der Waals surface area contributed by atoms with E-state index in [-0.39, 0.29) is 24.8 Å². The SMILES string of the molecule is CCCN1CCCCC1c1nc2ccccc2[nH]1.Cl.Cl. The average Bonchev–Trinajstić information content (AvgIpc) is 2.83. The Labute approximate surface area is 133 Å². The lowest BCUT2D eigenvalue weighted by atomic mass is 10.0. The standard InChI is InChI=1S/C15H21N3.2ClH/c1-2-10-18-11-6-5-9-14(18)15-16-12-7-3-4-8-13(12)17-15;;/h3-4,7-8,14H,2,5-6,9-11H2,1H3,(H,16,17);2*1H. The van der Waals surface area contributed by atoms with Gasteiger partial charge in [0.1, 0.15) is 5.82 Å². The molecule has 3 nitrogen and oxygen atoms in total. The lowest BCUT2D eigenvalue weighted by Gasteiger charge is -2.34. The van der Waals surface area contributed by atoms with Crippen molar-refractivity contribution >= 4 is 35.8 Å². The van der Waals surface area contributed by atoms with E-state index < -0.39 is 0 Å². The van der Waals surface area contributed by atoms with Crippen LogP contribution in [-0.4, -0.2) is 28.0 Å².